The van der Waals surface area contributed by atoms with Crippen LogP contribution in [0.5, 0.6) is 0 Å². The molecular formula is C50H60N2O8. The van der Waals surface area contributed by atoms with E-state index in [0.29, 0.717) is 12.8 Å². The minimum absolute atomic E-state index is 0.0528. The van der Waals surface area contributed by atoms with E-state index >= 15 is 0 Å². The summed E-state index contributed by atoms with van der Waals surface area (Å²) < 4.78 is 1.60. The molecule has 5 aromatic rings. The van der Waals surface area contributed by atoms with E-state index in [9.17, 15) is 38.4 Å². The van der Waals surface area contributed by atoms with E-state index in [4.69, 9.17) is 0 Å². The van der Waals surface area contributed by atoms with Gasteiger partial charge in [0.2, 0.25) is 0 Å². The maximum atomic E-state index is 14.2. The molecule has 318 valence electrons. The minimum atomic E-state index is -0.850. The lowest BCUT2D eigenvalue weighted by Crippen LogP contribution is -2.28. The van der Waals surface area contributed by atoms with E-state index < -0.39 is 45.4 Å². The number of carbonyl (C=O) groups excluding carboxylic acids is 4. The van der Waals surface area contributed by atoms with Crippen molar-refractivity contribution in [1.82, 2.24) is 9.13 Å². The largest absolute Gasteiger partial charge is 0.294 e. The lowest BCUT2D eigenvalue weighted by molar-refractivity contribution is 0.0997. The molecule has 10 nitrogen and oxygen atoms in total. The van der Waals surface area contributed by atoms with E-state index in [1.807, 2.05) is 0 Å². The highest BCUT2D eigenvalue weighted by molar-refractivity contribution is 6.08. The Labute approximate surface area is 351 Å². The predicted molar refractivity (Wildman–Crippen MR) is 240 cm³/mol. The molecule has 0 aliphatic heterocycles. The van der Waals surface area contributed by atoms with Gasteiger partial charge in [-0.25, -0.2) is 9.13 Å². The summed E-state index contributed by atoms with van der Waals surface area (Å²) in [4.78, 5) is 109. The predicted octanol–water partition coefficient (Wildman–Crippen LogP) is 10.1. The van der Waals surface area contributed by atoms with Crippen molar-refractivity contribution < 1.29 is 19.2 Å². The lowest BCUT2D eigenvalue weighted by atomic mass is 9.95. The van der Waals surface area contributed by atoms with Crippen LogP contribution in [0.3, 0.4) is 0 Å². The van der Waals surface area contributed by atoms with Gasteiger partial charge in [-0.2, -0.15) is 0 Å². The molecule has 0 atom stereocenters. The number of ketones is 4. The molecule has 0 unspecified atom stereocenters. The van der Waals surface area contributed by atoms with Crippen molar-refractivity contribution in [3.8, 4) is 11.4 Å². The quantitative estimate of drug-likeness (QED) is 0.0442. The highest BCUT2D eigenvalue weighted by Gasteiger charge is 2.28. The number of nitrogens with zero attached hydrogens (tertiary/aromatic N) is 2. The SMILES string of the molecule is CCCCCCCCCCc1cc(C(C)=O)c(-n2c(=O)c3cc4c(=O)n(-c5c(C(C)=O)cc(CCCCCCCCCC)cc5C(C)=O)c(=O)c4cc3c2=O)c(C(C)=O)c1. The number of aromatic nitrogens is 2. The summed E-state index contributed by atoms with van der Waals surface area (Å²) >= 11 is 0. The van der Waals surface area contributed by atoms with Gasteiger partial charge in [-0.1, -0.05) is 104 Å². The Kier molecular flexibility index (Phi) is 15.8. The molecule has 0 amide bonds. The maximum Gasteiger partial charge on any atom is 0.266 e. The highest BCUT2D eigenvalue weighted by atomic mass is 16.2. The molecule has 0 bridgehead atoms. The van der Waals surface area contributed by atoms with Crippen LogP contribution in [0.4, 0.5) is 0 Å². The fraction of sp³-hybridized carbons (Fsp3) is 0.480. The molecule has 0 saturated carbocycles. The van der Waals surface area contributed by atoms with Crippen molar-refractivity contribution in [3.63, 3.8) is 0 Å². The van der Waals surface area contributed by atoms with Gasteiger partial charge in [0.15, 0.2) is 23.1 Å². The van der Waals surface area contributed by atoms with Crippen LogP contribution in [0.15, 0.2) is 55.6 Å². The number of aryl methyl sites for hydroxylation is 2. The van der Waals surface area contributed by atoms with Crippen molar-refractivity contribution in [3.05, 3.63) is 111 Å². The number of benzene rings is 3. The van der Waals surface area contributed by atoms with Gasteiger partial charge < -0.3 is 0 Å². The molecule has 0 saturated heterocycles. The Hall–Kier alpha value is -5.38. The molecule has 2 aromatic heterocycles. The highest BCUT2D eigenvalue weighted by Crippen LogP contribution is 2.28. The third-order valence-electron chi connectivity index (χ3n) is 11.8. The van der Waals surface area contributed by atoms with Crippen LogP contribution in [-0.4, -0.2) is 32.3 Å². The molecule has 0 N–H and O–H groups in total. The molecule has 0 radical (unpaired) electrons. The zero-order chi connectivity index (χ0) is 43.7. The van der Waals surface area contributed by atoms with Gasteiger partial charge in [0.25, 0.3) is 22.2 Å². The molecule has 5 rings (SSSR count). The van der Waals surface area contributed by atoms with Crippen molar-refractivity contribution >= 4 is 44.7 Å². The van der Waals surface area contributed by atoms with Crippen LogP contribution >= 0.6 is 0 Å². The Balaban J connectivity index is 1.55. The van der Waals surface area contributed by atoms with Gasteiger partial charge in [0, 0.05) is 22.3 Å². The van der Waals surface area contributed by atoms with E-state index in [-0.39, 0.29) is 55.2 Å². The number of hydrogen-bond acceptors (Lipinski definition) is 8. The summed E-state index contributed by atoms with van der Waals surface area (Å²) in [5.74, 6) is -1.73. The number of carbonyl (C=O) groups is 4. The first kappa shape index (κ1) is 45.7. The van der Waals surface area contributed by atoms with E-state index in [1.165, 1.54) is 91.2 Å². The van der Waals surface area contributed by atoms with Crippen LogP contribution in [-0.2, 0) is 12.8 Å². The molecule has 2 heterocycles. The zero-order valence-corrected chi connectivity index (χ0v) is 36.4. The fourth-order valence-electron chi connectivity index (χ4n) is 8.54. The third kappa shape index (κ3) is 9.96. The number of fused-ring (bicyclic) bond motifs is 2. The van der Waals surface area contributed by atoms with Crippen LogP contribution in [0.1, 0.15) is 197 Å². The van der Waals surface area contributed by atoms with Crippen LogP contribution in [0.25, 0.3) is 32.9 Å². The Bertz CT molecular complexity index is 2310. The summed E-state index contributed by atoms with van der Waals surface area (Å²) in [6.45, 7) is 9.63. The molecular weight excluding hydrogens is 757 g/mol. The third-order valence-corrected chi connectivity index (χ3v) is 11.8. The monoisotopic (exact) mass is 816 g/mol. The van der Waals surface area contributed by atoms with Crippen molar-refractivity contribution in [2.24, 2.45) is 0 Å². The summed E-state index contributed by atoms with van der Waals surface area (Å²) in [6.07, 6.45) is 19.1. The number of rotatable bonds is 24. The first-order chi connectivity index (χ1) is 28.7. The number of hydrogen-bond donors (Lipinski definition) is 0. The topological polar surface area (TPSA) is 146 Å². The van der Waals surface area contributed by atoms with Gasteiger partial charge in [-0.3, -0.25) is 38.4 Å². The average molecular weight is 817 g/mol. The van der Waals surface area contributed by atoms with Crippen LogP contribution < -0.4 is 22.2 Å². The summed E-state index contributed by atoms with van der Waals surface area (Å²) in [5.41, 5.74) is -1.93. The van der Waals surface area contributed by atoms with E-state index in [0.717, 1.165) is 71.6 Å². The molecule has 0 fully saturated rings. The lowest BCUT2D eigenvalue weighted by Gasteiger charge is -2.15. The zero-order valence-electron chi connectivity index (χ0n) is 36.4. The Morgan fingerprint density at radius 1 is 0.367 bits per heavy atom. The molecule has 3 aromatic carbocycles. The molecule has 0 aliphatic carbocycles. The number of unbranched alkanes of at least 4 members (excludes halogenated alkanes) is 14. The van der Waals surface area contributed by atoms with Crippen molar-refractivity contribution in [1.29, 1.82) is 0 Å². The van der Waals surface area contributed by atoms with Crippen LogP contribution in [0, 0.1) is 0 Å². The van der Waals surface area contributed by atoms with E-state index in [1.54, 1.807) is 24.3 Å². The second-order valence-electron chi connectivity index (χ2n) is 16.6. The first-order valence-electron chi connectivity index (χ1n) is 22.1. The summed E-state index contributed by atoms with van der Waals surface area (Å²) in [7, 11) is 0. The smallest absolute Gasteiger partial charge is 0.266 e. The van der Waals surface area contributed by atoms with Gasteiger partial charge >= 0.3 is 0 Å². The number of Topliss-reactive ketones (excluding diaryl/α,β-unsaturated/α-hetero) is 4. The standard InChI is InChI=1S/C50H60N2O8/c1-7-9-11-13-15-17-19-21-23-35-25-37(31(3)53)45(38(26-35)32(4)54)51-47(57)41-29-43-44(30-42(41)48(51)58)50(60)52(49(43)59)46-39(33(5)55)27-36(28-40(46)34(6)56)24-22-20-18-16-14-12-10-8-2/h25-30H,7-24H2,1-6H3. The van der Waals surface area contributed by atoms with Gasteiger partial charge in [0.05, 0.1) is 32.9 Å². The summed E-state index contributed by atoms with van der Waals surface area (Å²) in [6, 6.07) is 8.92. The van der Waals surface area contributed by atoms with Gasteiger partial charge in [0.1, 0.15) is 0 Å². The molecule has 0 aliphatic rings. The Morgan fingerprint density at radius 2 is 0.600 bits per heavy atom. The average Bonchev–Trinajstić information content (AvgIpc) is 3.60. The van der Waals surface area contributed by atoms with Gasteiger partial charge in [-0.15, -0.1) is 0 Å². The van der Waals surface area contributed by atoms with Crippen molar-refractivity contribution in [2.45, 2.75) is 157 Å². The van der Waals surface area contributed by atoms with Crippen LogP contribution in [0.2, 0.25) is 0 Å². The molecule has 10 heteroatoms. The Morgan fingerprint density at radius 3 is 0.833 bits per heavy atom. The fourth-order valence-corrected chi connectivity index (χ4v) is 8.54. The normalized spacial score (nSPS) is 11.6. The molecule has 0 spiro atoms. The second kappa shape index (κ2) is 20.7. The van der Waals surface area contributed by atoms with Gasteiger partial charge in [-0.05, 0) is 101 Å². The van der Waals surface area contributed by atoms with E-state index in [2.05, 4.69) is 13.8 Å². The maximum absolute atomic E-state index is 14.2. The first-order valence-corrected chi connectivity index (χ1v) is 22.1. The minimum Gasteiger partial charge on any atom is -0.294 e. The molecule has 60 heavy (non-hydrogen) atoms. The summed E-state index contributed by atoms with van der Waals surface area (Å²) in [5, 5.41) is -0.692. The van der Waals surface area contributed by atoms with Crippen molar-refractivity contribution in [2.75, 3.05) is 0 Å². The second-order valence-corrected chi connectivity index (χ2v) is 16.6.